The van der Waals surface area contributed by atoms with Crippen LogP contribution in [0.2, 0.25) is 0 Å². The zero-order valence-electron chi connectivity index (χ0n) is 31.3. The lowest BCUT2D eigenvalue weighted by Crippen LogP contribution is -1.92. The van der Waals surface area contributed by atoms with Gasteiger partial charge in [0, 0.05) is 40.3 Å². The van der Waals surface area contributed by atoms with Gasteiger partial charge in [-0.1, -0.05) is 164 Å². The van der Waals surface area contributed by atoms with Crippen LogP contribution < -0.4 is 0 Å². The first-order valence-electron chi connectivity index (χ1n) is 19.9. The molecular formula is C56H32S2. The van der Waals surface area contributed by atoms with Gasteiger partial charge in [0.05, 0.1) is 0 Å². The van der Waals surface area contributed by atoms with Crippen LogP contribution in [0.5, 0.6) is 0 Å². The van der Waals surface area contributed by atoms with E-state index in [-0.39, 0.29) is 0 Å². The van der Waals surface area contributed by atoms with E-state index in [1.807, 2.05) is 22.7 Å². The first-order valence-corrected chi connectivity index (χ1v) is 21.5. The molecule has 0 amide bonds. The third kappa shape index (κ3) is 4.68. The van der Waals surface area contributed by atoms with Crippen molar-refractivity contribution in [3.63, 3.8) is 0 Å². The molecule has 0 saturated carbocycles. The second-order valence-electron chi connectivity index (χ2n) is 15.5. The van der Waals surface area contributed by atoms with Gasteiger partial charge >= 0.3 is 0 Å². The lowest BCUT2D eigenvalue weighted by molar-refractivity contribution is 1.66. The number of fused-ring (bicyclic) bond motifs is 12. The van der Waals surface area contributed by atoms with Crippen LogP contribution in [0.25, 0.3) is 128 Å². The van der Waals surface area contributed by atoms with E-state index in [2.05, 4.69) is 194 Å². The van der Waals surface area contributed by atoms with Crippen molar-refractivity contribution in [2.75, 3.05) is 0 Å². The molecular weight excluding hydrogens is 737 g/mol. The molecule has 0 fully saturated rings. The summed E-state index contributed by atoms with van der Waals surface area (Å²) in [6.45, 7) is 0. The topological polar surface area (TPSA) is 0 Å². The van der Waals surface area contributed by atoms with E-state index in [1.54, 1.807) is 0 Å². The van der Waals surface area contributed by atoms with Crippen LogP contribution in [0.1, 0.15) is 0 Å². The largest absolute Gasteiger partial charge is 0.135 e. The molecule has 0 radical (unpaired) electrons. The van der Waals surface area contributed by atoms with Gasteiger partial charge in [0.1, 0.15) is 0 Å². The van der Waals surface area contributed by atoms with Gasteiger partial charge in [-0.15, -0.1) is 22.7 Å². The minimum atomic E-state index is 1.24. The van der Waals surface area contributed by atoms with Gasteiger partial charge in [-0.3, -0.25) is 0 Å². The summed E-state index contributed by atoms with van der Waals surface area (Å²) in [5.74, 6) is 0. The maximum atomic E-state index is 2.43. The molecule has 0 N–H and O–H groups in total. The second kappa shape index (κ2) is 12.3. The Labute approximate surface area is 342 Å². The number of rotatable bonds is 3. The standard InChI is InChI=1S/C56H32S2/c1-2-12-34-29-37(22-21-33(34)11-1)54-43-16-5-7-18-45(43)55(46-19-8-6-17-44(46)54)47-28-27-38(40-13-3-4-14-41(40)47)35-23-25-39-36(30-35)24-26-48-50-31-49-42-15-9-10-20-51(42)57-52(49)32-53(50)58-56(39)48/h1-32H. The van der Waals surface area contributed by atoms with E-state index in [4.69, 9.17) is 0 Å². The Bertz CT molecular complexity index is 3800. The summed E-state index contributed by atoms with van der Waals surface area (Å²) in [6.07, 6.45) is 0. The van der Waals surface area contributed by atoms with E-state index in [0.717, 1.165) is 0 Å². The van der Waals surface area contributed by atoms with Gasteiger partial charge in [0.15, 0.2) is 0 Å². The van der Waals surface area contributed by atoms with Crippen molar-refractivity contribution in [1.82, 2.24) is 0 Å². The van der Waals surface area contributed by atoms with E-state index < -0.39 is 0 Å². The summed E-state index contributed by atoms with van der Waals surface area (Å²) in [4.78, 5) is 0. The maximum absolute atomic E-state index is 2.43. The Morgan fingerprint density at radius 1 is 0.241 bits per heavy atom. The quantitative estimate of drug-likeness (QED) is 0.157. The van der Waals surface area contributed by atoms with Crippen LogP contribution in [0.3, 0.4) is 0 Å². The number of benzene rings is 11. The first kappa shape index (κ1) is 32.3. The summed E-state index contributed by atoms with van der Waals surface area (Å²) in [6, 6.07) is 72.7. The highest BCUT2D eigenvalue weighted by Crippen LogP contribution is 2.48. The zero-order valence-corrected chi connectivity index (χ0v) is 32.9. The van der Waals surface area contributed by atoms with Crippen molar-refractivity contribution in [3.05, 3.63) is 194 Å². The predicted octanol–water partition coefficient (Wildman–Crippen LogP) is 17.2. The second-order valence-corrected chi connectivity index (χ2v) is 17.7. The fourth-order valence-electron chi connectivity index (χ4n) is 9.79. The Morgan fingerprint density at radius 2 is 0.776 bits per heavy atom. The summed E-state index contributed by atoms with van der Waals surface area (Å²) in [5.41, 5.74) is 7.58. The van der Waals surface area contributed by atoms with Gasteiger partial charge < -0.3 is 0 Å². The fraction of sp³-hybridized carbons (Fsp3) is 0. The highest BCUT2D eigenvalue weighted by atomic mass is 32.1. The SMILES string of the molecule is c1ccc2cc(-c3c4ccccc4c(-c4ccc(-c5ccc6c(ccc7c8cc9c(cc8sc67)sc6ccccc69)c5)c5ccccc45)c4ccccc34)ccc2c1. The molecule has 58 heavy (non-hydrogen) atoms. The molecule has 268 valence electrons. The van der Waals surface area contributed by atoms with Gasteiger partial charge in [-0.05, 0) is 118 Å². The molecule has 0 bridgehead atoms. The van der Waals surface area contributed by atoms with Crippen molar-refractivity contribution >= 4 is 117 Å². The minimum Gasteiger partial charge on any atom is -0.135 e. The molecule has 0 aliphatic carbocycles. The average molecular weight is 769 g/mol. The molecule has 2 heteroatoms. The van der Waals surface area contributed by atoms with Crippen LogP contribution >= 0.6 is 22.7 Å². The van der Waals surface area contributed by atoms with Crippen molar-refractivity contribution in [2.45, 2.75) is 0 Å². The molecule has 0 saturated heterocycles. The molecule has 0 atom stereocenters. The van der Waals surface area contributed by atoms with Crippen LogP contribution in [-0.2, 0) is 0 Å². The van der Waals surface area contributed by atoms with Gasteiger partial charge in [0.25, 0.3) is 0 Å². The third-order valence-electron chi connectivity index (χ3n) is 12.4. The molecule has 2 heterocycles. The average Bonchev–Trinajstić information content (AvgIpc) is 3.84. The van der Waals surface area contributed by atoms with Crippen LogP contribution in [0.15, 0.2) is 194 Å². The van der Waals surface area contributed by atoms with Gasteiger partial charge in [0.2, 0.25) is 0 Å². The normalized spacial score (nSPS) is 12.1. The molecule has 0 aliphatic heterocycles. The maximum Gasteiger partial charge on any atom is 0.0433 e. The zero-order chi connectivity index (χ0) is 37.9. The number of hydrogen-bond acceptors (Lipinski definition) is 2. The summed E-state index contributed by atoms with van der Waals surface area (Å²) < 4.78 is 5.45. The Balaban J connectivity index is 0.987. The van der Waals surface area contributed by atoms with Gasteiger partial charge in [-0.25, -0.2) is 0 Å². The van der Waals surface area contributed by atoms with Crippen LogP contribution in [0, 0.1) is 0 Å². The van der Waals surface area contributed by atoms with Crippen molar-refractivity contribution in [1.29, 1.82) is 0 Å². The van der Waals surface area contributed by atoms with Crippen molar-refractivity contribution in [2.24, 2.45) is 0 Å². The monoisotopic (exact) mass is 768 g/mol. The molecule has 0 unspecified atom stereocenters. The molecule has 2 aromatic heterocycles. The van der Waals surface area contributed by atoms with Crippen molar-refractivity contribution in [3.8, 4) is 33.4 Å². The van der Waals surface area contributed by atoms with Crippen LogP contribution in [0.4, 0.5) is 0 Å². The lowest BCUT2D eigenvalue weighted by Gasteiger charge is -2.20. The predicted molar refractivity (Wildman–Crippen MR) is 256 cm³/mol. The Morgan fingerprint density at radius 3 is 1.55 bits per heavy atom. The third-order valence-corrected chi connectivity index (χ3v) is 14.8. The lowest BCUT2D eigenvalue weighted by atomic mass is 9.83. The fourth-order valence-corrected chi connectivity index (χ4v) is 12.3. The van der Waals surface area contributed by atoms with Crippen LogP contribution in [-0.4, -0.2) is 0 Å². The van der Waals surface area contributed by atoms with E-state index in [0.29, 0.717) is 0 Å². The van der Waals surface area contributed by atoms with E-state index in [9.17, 15) is 0 Å². The molecule has 0 aliphatic rings. The molecule has 13 rings (SSSR count). The highest BCUT2D eigenvalue weighted by molar-refractivity contribution is 7.28. The molecule has 13 aromatic rings. The number of hydrogen-bond donors (Lipinski definition) is 0. The van der Waals surface area contributed by atoms with Gasteiger partial charge in [-0.2, -0.15) is 0 Å². The van der Waals surface area contributed by atoms with Crippen molar-refractivity contribution < 1.29 is 0 Å². The highest BCUT2D eigenvalue weighted by Gasteiger charge is 2.20. The Kier molecular flexibility index (Phi) is 6.86. The first-order chi connectivity index (χ1) is 28.7. The Hall–Kier alpha value is -6.84. The molecule has 0 spiro atoms. The molecule has 11 aromatic carbocycles. The minimum absolute atomic E-state index is 1.24. The van der Waals surface area contributed by atoms with E-state index >= 15 is 0 Å². The smallest absolute Gasteiger partial charge is 0.0433 e. The summed E-state index contributed by atoms with van der Waals surface area (Å²) in [5, 5.41) is 18.2. The van der Waals surface area contributed by atoms with E-state index in [1.165, 1.54) is 128 Å². The molecule has 0 nitrogen and oxygen atoms in total. The summed E-state index contributed by atoms with van der Waals surface area (Å²) in [7, 11) is 0. The summed E-state index contributed by atoms with van der Waals surface area (Å²) >= 11 is 3.83. The number of thiophene rings is 2.